The molecule has 0 fully saturated rings. The van der Waals surface area contributed by atoms with Crippen molar-refractivity contribution in [2.45, 2.75) is 25.9 Å². The number of urea groups is 1. The van der Waals surface area contributed by atoms with Gasteiger partial charge in [-0.15, -0.1) is 0 Å². The minimum Gasteiger partial charge on any atom is -0.491 e. The molecule has 0 heterocycles. The summed E-state index contributed by atoms with van der Waals surface area (Å²) in [6.07, 6.45) is 0. The van der Waals surface area contributed by atoms with E-state index in [0.717, 1.165) is 5.56 Å². The Balaban J connectivity index is 1.97. The first-order valence-corrected chi connectivity index (χ1v) is 8.06. The largest absolute Gasteiger partial charge is 0.491 e. The quantitative estimate of drug-likeness (QED) is 0.722. The van der Waals surface area contributed by atoms with E-state index in [2.05, 4.69) is 10.6 Å². The molecule has 0 aliphatic heterocycles. The highest BCUT2D eigenvalue weighted by molar-refractivity contribution is 5.75. The van der Waals surface area contributed by atoms with E-state index in [0.29, 0.717) is 11.3 Å². The van der Waals surface area contributed by atoms with Gasteiger partial charge in [0, 0.05) is 12.1 Å². The molecule has 0 saturated carbocycles. The zero-order valence-electron chi connectivity index (χ0n) is 14.4. The maximum atomic E-state index is 13.4. The van der Waals surface area contributed by atoms with Crippen molar-refractivity contribution in [3.8, 4) is 5.75 Å². The molecule has 6 heteroatoms. The van der Waals surface area contributed by atoms with Gasteiger partial charge in [-0.25, -0.2) is 9.18 Å². The van der Waals surface area contributed by atoms with Crippen molar-refractivity contribution in [2.24, 2.45) is 0 Å². The molecule has 3 N–H and O–H groups in total. The van der Waals surface area contributed by atoms with Crippen LogP contribution < -0.4 is 15.4 Å². The summed E-state index contributed by atoms with van der Waals surface area (Å²) < 4.78 is 18.8. The number of carbonyl (C=O) groups excluding carboxylic acids is 1. The molecule has 2 aromatic carbocycles. The van der Waals surface area contributed by atoms with Gasteiger partial charge in [0.1, 0.15) is 18.2 Å². The van der Waals surface area contributed by atoms with Crippen molar-refractivity contribution < 1.29 is 19.0 Å². The van der Waals surface area contributed by atoms with Crippen molar-refractivity contribution in [3.05, 3.63) is 65.5 Å². The Morgan fingerprint density at radius 1 is 1.20 bits per heavy atom. The molecular weight excluding hydrogens is 323 g/mol. The lowest BCUT2D eigenvalue weighted by molar-refractivity contribution is 0.200. The van der Waals surface area contributed by atoms with E-state index in [9.17, 15) is 9.18 Å². The molecular formula is C19H23FN2O3. The Labute approximate surface area is 146 Å². The maximum absolute atomic E-state index is 13.4. The molecule has 0 saturated heterocycles. The van der Waals surface area contributed by atoms with Crippen molar-refractivity contribution in [1.82, 2.24) is 10.6 Å². The fourth-order valence-electron chi connectivity index (χ4n) is 2.40. The van der Waals surface area contributed by atoms with Crippen LogP contribution in [0.5, 0.6) is 5.75 Å². The van der Waals surface area contributed by atoms with Gasteiger partial charge in [-0.2, -0.15) is 0 Å². The van der Waals surface area contributed by atoms with E-state index in [4.69, 9.17) is 9.84 Å². The molecule has 0 aliphatic carbocycles. The average Bonchev–Trinajstić information content (AvgIpc) is 2.58. The molecule has 134 valence electrons. The summed E-state index contributed by atoms with van der Waals surface area (Å²) >= 11 is 0. The third-order valence-corrected chi connectivity index (χ3v) is 3.73. The Bertz CT molecular complexity index is 719. The number of halogens is 1. The second-order valence-corrected chi connectivity index (χ2v) is 6.12. The van der Waals surface area contributed by atoms with Gasteiger partial charge in [-0.05, 0) is 37.6 Å². The standard InChI is InChI=1S/C19H23FN2O3/c1-19(2,15-7-5-8-16(20)12-15)22-18(24)21-13-14-6-3-4-9-17(14)25-11-10-23/h3-9,12,23H,10-11,13H2,1-2H3,(H2,21,22,24). The predicted molar refractivity (Wildman–Crippen MR) is 93.8 cm³/mol. The van der Waals surface area contributed by atoms with E-state index in [-0.39, 0.29) is 31.6 Å². The monoisotopic (exact) mass is 346 g/mol. The summed E-state index contributed by atoms with van der Waals surface area (Å²) in [6.45, 7) is 3.99. The topological polar surface area (TPSA) is 70.6 Å². The maximum Gasteiger partial charge on any atom is 0.315 e. The van der Waals surface area contributed by atoms with Crippen LogP contribution in [0.3, 0.4) is 0 Å². The number of nitrogens with one attached hydrogen (secondary N) is 2. The van der Waals surface area contributed by atoms with Gasteiger partial charge in [0.05, 0.1) is 12.1 Å². The number of carbonyl (C=O) groups is 1. The van der Waals surface area contributed by atoms with Crippen LogP contribution in [0.1, 0.15) is 25.0 Å². The molecule has 2 aromatic rings. The van der Waals surface area contributed by atoms with E-state index in [1.165, 1.54) is 12.1 Å². The van der Waals surface area contributed by atoms with E-state index in [1.54, 1.807) is 32.0 Å². The van der Waals surface area contributed by atoms with Crippen molar-refractivity contribution in [1.29, 1.82) is 0 Å². The fourth-order valence-corrected chi connectivity index (χ4v) is 2.40. The second-order valence-electron chi connectivity index (χ2n) is 6.12. The SMILES string of the molecule is CC(C)(NC(=O)NCc1ccccc1OCCO)c1cccc(F)c1. The number of aliphatic hydroxyl groups is 1. The van der Waals surface area contributed by atoms with Crippen molar-refractivity contribution >= 4 is 6.03 Å². The lowest BCUT2D eigenvalue weighted by Gasteiger charge is -2.27. The van der Waals surface area contributed by atoms with Crippen LogP contribution in [0.4, 0.5) is 9.18 Å². The van der Waals surface area contributed by atoms with Gasteiger partial charge in [0.25, 0.3) is 0 Å². The van der Waals surface area contributed by atoms with Crippen LogP contribution in [0.15, 0.2) is 48.5 Å². The minimum atomic E-state index is -0.723. The summed E-state index contributed by atoms with van der Waals surface area (Å²) in [4.78, 5) is 12.2. The Morgan fingerprint density at radius 3 is 2.68 bits per heavy atom. The molecule has 0 unspecified atom stereocenters. The molecule has 0 aliphatic rings. The zero-order chi connectivity index (χ0) is 18.3. The van der Waals surface area contributed by atoms with Gasteiger partial charge in [0.2, 0.25) is 0 Å². The van der Waals surface area contributed by atoms with E-state index >= 15 is 0 Å². The number of aliphatic hydroxyl groups excluding tert-OH is 1. The van der Waals surface area contributed by atoms with Crippen LogP contribution in [0.25, 0.3) is 0 Å². The highest BCUT2D eigenvalue weighted by Gasteiger charge is 2.23. The summed E-state index contributed by atoms with van der Waals surface area (Å²) in [6, 6.07) is 13.1. The molecule has 0 spiro atoms. The molecule has 5 nitrogen and oxygen atoms in total. The molecule has 25 heavy (non-hydrogen) atoms. The van der Waals surface area contributed by atoms with Crippen LogP contribution in [0, 0.1) is 5.82 Å². The highest BCUT2D eigenvalue weighted by atomic mass is 19.1. The number of benzene rings is 2. The van der Waals surface area contributed by atoms with E-state index < -0.39 is 5.54 Å². The average molecular weight is 346 g/mol. The summed E-state index contributed by atoms with van der Waals surface area (Å²) in [5.41, 5.74) is 0.753. The molecule has 0 atom stereocenters. The first-order chi connectivity index (χ1) is 11.9. The molecule has 0 aromatic heterocycles. The molecule has 2 amide bonds. The summed E-state index contributed by atoms with van der Waals surface area (Å²) in [5, 5.41) is 14.5. The lowest BCUT2D eigenvalue weighted by Crippen LogP contribution is -2.46. The highest BCUT2D eigenvalue weighted by Crippen LogP contribution is 2.21. The van der Waals surface area contributed by atoms with Crippen molar-refractivity contribution in [3.63, 3.8) is 0 Å². The number of amides is 2. The number of hydrogen-bond donors (Lipinski definition) is 3. The molecule has 2 rings (SSSR count). The third-order valence-electron chi connectivity index (χ3n) is 3.73. The van der Waals surface area contributed by atoms with E-state index in [1.807, 2.05) is 18.2 Å². The molecule has 0 bridgehead atoms. The number of hydrogen-bond acceptors (Lipinski definition) is 3. The Morgan fingerprint density at radius 2 is 1.96 bits per heavy atom. The lowest BCUT2D eigenvalue weighted by atomic mass is 9.94. The number of ether oxygens (including phenoxy) is 1. The van der Waals surface area contributed by atoms with Crippen molar-refractivity contribution in [2.75, 3.05) is 13.2 Å². The van der Waals surface area contributed by atoms with Crippen LogP contribution in [-0.2, 0) is 12.1 Å². The first kappa shape index (κ1) is 18.7. The smallest absolute Gasteiger partial charge is 0.315 e. The van der Waals surface area contributed by atoms with Gasteiger partial charge in [-0.3, -0.25) is 0 Å². The van der Waals surface area contributed by atoms with Gasteiger partial charge < -0.3 is 20.5 Å². The molecule has 0 radical (unpaired) electrons. The summed E-state index contributed by atoms with van der Waals surface area (Å²) in [5.74, 6) is 0.268. The van der Waals surface area contributed by atoms with Crippen LogP contribution >= 0.6 is 0 Å². The van der Waals surface area contributed by atoms with Crippen LogP contribution in [-0.4, -0.2) is 24.4 Å². The van der Waals surface area contributed by atoms with Crippen LogP contribution in [0.2, 0.25) is 0 Å². The summed E-state index contributed by atoms with van der Waals surface area (Å²) in [7, 11) is 0. The third kappa shape index (κ3) is 5.46. The normalized spacial score (nSPS) is 11.0. The van der Waals surface area contributed by atoms with Gasteiger partial charge >= 0.3 is 6.03 Å². The number of rotatable bonds is 7. The van der Waals surface area contributed by atoms with Gasteiger partial charge in [-0.1, -0.05) is 30.3 Å². The Kier molecular flexibility index (Phi) is 6.36. The Hall–Kier alpha value is -2.60. The second kappa shape index (κ2) is 8.48. The van der Waals surface area contributed by atoms with Gasteiger partial charge in [0.15, 0.2) is 0 Å². The minimum absolute atomic E-state index is 0.0793. The predicted octanol–water partition coefficient (Wildman–Crippen LogP) is 2.93. The number of para-hydroxylation sites is 1. The zero-order valence-corrected chi connectivity index (χ0v) is 14.4. The fraction of sp³-hybridized carbons (Fsp3) is 0.316. The first-order valence-electron chi connectivity index (χ1n) is 8.06.